The molecular weight excluding hydrogens is 254 g/mol. The van der Waals surface area contributed by atoms with Crippen molar-refractivity contribution in [1.82, 2.24) is 0 Å². The molecule has 0 saturated carbocycles. The van der Waals surface area contributed by atoms with Gasteiger partial charge in [0.25, 0.3) is 11.9 Å². The first-order valence-electron chi connectivity index (χ1n) is 4.39. The number of aliphatic carboxylic acids is 2. The molecule has 1 aliphatic heterocycles. The summed E-state index contributed by atoms with van der Waals surface area (Å²) >= 11 is 0. The van der Waals surface area contributed by atoms with Crippen LogP contribution in [0.1, 0.15) is 6.42 Å². The van der Waals surface area contributed by atoms with Crippen LogP contribution >= 0.6 is 0 Å². The number of carboxylic acids is 2. The van der Waals surface area contributed by atoms with Crippen LogP contribution in [0.4, 0.5) is 0 Å². The number of Topliss-reactive ketones (excluding diaryl/α,β-unsaturated/α-hetero) is 1. The molecule has 0 aromatic heterocycles. The summed E-state index contributed by atoms with van der Waals surface area (Å²) in [6, 6.07) is 0. The van der Waals surface area contributed by atoms with Crippen LogP contribution in [0.25, 0.3) is 0 Å². The second kappa shape index (κ2) is 4.41. The number of ether oxygens (including phenoxy) is 2. The molecule has 0 amide bonds. The highest BCUT2D eigenvalue weighted by Gasteiger charge is 2.55. The van der Waals surface area contributed by atoms with Crippen LogP contribution < -0.4 is 5.73 Å². The van der Waals surface area contributed by atoms with Crippen molar-refractivity contribution >= 4 is 29.7 Å². The molecule has 2 atom stereocenters. The highest BCUT2D eigenvalue weighted by Crippen LogP contribution is 2.18. The number of hydrogen-bond donors (Lipinski definition) is 3. The smallest absolute Gasteiger partial charge is 0.377 e. The molecule has 1 saturated heterocycles. The van der Waals surface area contributed by atoms with E-state index in [1.165, 1.54) is 0 Å². The lowest BCUT2D eigenvalue weighted by atomic mass is 10.1. The lowest BCUT2D eigenvalue weighted by molar-refractivity contribution is -0.208. The zero-order valence-corrected chi connectivity index (χ0v) is 8.61. The van der Waals surface area contributed by atoms with Crippen LogP contribution in [0.3, 0.4) is 0 Å². The van der Waals surface area contributed by atoms with Gasteiger partial charge in [-0.1, -0.05) is 0 Å². The molecule has 98 valence electrons. The molecule has 4 N–H and O–H groups in total. The van der Waals surface area contributed by atoms with Crippen molar-refractivity contribution in [3.05, 3.63) is 0 Å². The van der Waals surface area contributed by atoms with Crippen LogP contribution in [0.15, 0.2) is 0 Å². The highest BCUT2D eigenvalue weighted by molar-refractivity contribution is 6.37. The average molecular weight is 261 g/mol. The first kappa shape index (κ1) is 13.6. The Morgan fingerprint density at radius 3 is 2.28 bits per heavy atom. The van der Waals surface area contributed by atoms with E-state index in [4.69, 9.17) is 15.9 Å². The molecule has 1 heterocycles. The summed E-state index contributed by atoms with van der Waals surface area (Å²) in [4.78, 5) is 54.8. The van der Waals surface area contributed by atoms with Crippen LogP contribution in [-0.4, -0.2) is 51.7 Å². The number of rotatable bonds is 2. The Kier molecular flexibility index (Phi) is 3.32. The zero-order chi connectivity index (χ0) is 14.1. The number of esters is 2. The van der Waals surface area contributed by atoms with Crippen molar-refractivity contribution in [2.75, 3.05) is 0 Å². The van der Waals surface area contributed by atoms with Gasteiger partial charge in [-0.25, -0.2) is 14.4 Å². The van der Waals surface area contributed by atoms with Crippen molar-refractivity contribution in [3.63, 3.8) is 0 Å². The lowest BCUT2D eigenvalue weighted by Gasteiger charge is -2.30. The largest absolute Gasteiger partial charge is 0.478 e. The van der Waals surface area contributed by atoms with Gasteiger partial charge in [0, 0.05) is 0 Å². The van der Waals surface area contributed by atoms with Crippen molar-refractivity contribution in [2.45, 2.75) is 18.2 Å². The SMILES string of the molecule is NC1(C(=O)O)OC(=O)C(=O)CC(=O)OC1C(=O)O. The minimum Gasteiger partial charge on any atom is -0.478 e. The third kappa shape index (κ3) is 2.27. The maximum absolute atomic E-state index is 11.1. The first-order chi connectivity index (χ1) is 8.18. The van der Waals surface area contributed by atoms with Gasteiger partial charge in [0.15, 0.2) is 0 Å². The maximum Gasteiger partial charge on any atom is 0.377 e. The van der Waals surface area contributed by atoms with Gasteiger partial charge in [0.1, 0.15) is 6.42 Å². The summed E-state index contributed by atoms with van der Waals surface area (Å²) in [6.45, 7) is 0. The minimum atomic E-state index is -3.17. The molecule has 0 aromatic carbocycles. The Labute approximate surface area is 98.3 Å². The molecule has 1 aliphatic rings. The van der Waals surface area contributed by atoms with Crippen LogP contribution in [0.5, 0.6) is 0 Å². The number of carbonyl (C=O) groups excluding carboxylic acids is 3. The molecule has 0 spiro atoms. The number of hydrogen-bond acceptors (Lipinski definition) is 8. The fraction of sp³-hybridized carbons (Fsp3) is 0.375. The summed E-state index contributed by atoms with van der Waals surface area (Å²) < 4.78 is 8.31. The summed E-state index contributed by atoms with van der Waals surface area (Å²) in [6.07, 6.45) is -3.52. The third-order valence-corrected chi connectivity index (χ3v) is 1.99. The van der Waals surface area contributed by atoms with Gasteiger partial charge in [0.05, 0.1) is 0 Å². The van der Waals surface area contributed by atoms with Crippen molar-refractivity contribution < 1.29 is 43.7 Å². The van der Waals surface area contributed by atoms with Crippen LogP contribution in [0, 0.1) is 0 Å². The van der Waals surface area contributed by atoms with Crippen molar-refractivity contribution in [3.8, 4) is 0 Å². The predicted octanol–water partition coefficient (Wildman–Crippen LogP) is -2.76. The maximum atomic E-state index is 11.1. The monoisotopic (exact) mass is 261 g/mol. The standard InChI is InChI=1S/C8H7NO9/c9-8(7(15)16)4(5(12)13)17-3(11)1-2(10)6(14)18-8/h4H,1,9H2,(H,12,13)(H,15,16). The van der Waals surface area contributed by atoms with Crippen molar-refractivity contribution in [2.24, 2.45) is 5.73 Å². The molecule has 0 aliphatic carbocycles. The van der Waals surface area contributed by atoms with Gasteiger partial charge < -0.3 is 19.7 Å². The Morgan fingerprint density at radius 2 is 1.83 bits per heavy atom. The average Bonchev–Trinajstić information content (AvgIpc) is 2.23. The molecule has 0 aromatic rings. The Morgan fingerprint density at radius 1 is 1.28 bits per heavy atom. The van der Waals surface area contributed by atoms with E-state index in [9.17, 15) is 24.0 Å². The van der Waals surface area contributed by atoms with Crippen LogP contribution in [0.2, 0.25) is 0 Å². The summed E-state index contributed by atoms with van der Waals surface area (Å²) in [5, 5.41) is 17.5. The van der Waals surface area contributed by atoms with Gasteiger partial charge in [-0.05, 0) is 0 Å². The summed E-state index contributed by atoms with van der Waals surface area (Å²) in [5.41, 5.74) is 1.91. The Bertz CT molecular complexity index is 455. The second-order valence-electron chi connectivity index (χ2n) is 3.30. The molecular formula is C8H7NO9. The topological polar surface area (TPSA) is 170 Å². The summed E-state index contributed by atoms with van der Waals surface area (Å²) in [7, 11) is 0. The van der Waals surface area contributed by atoms with E-state index >= 15 is 0 Å². The Hall–Kier alpha value is -2.49. The third-order valence-electron chi connectivity index (χ3n) is 1.99. The number of carboxylic acid groups (broad SMARTS) is 2. The van der Waals surface area contributed by atoms with E-state index in [0.717, 1.165) is 0 Å². The number of carbonyl (C=O) groups is 5. The van der Waals surface area contributed by atoms with Gasteiger partial charge >= 0.3 is 29.6 Å². The zero-order valence-electron chi connectivity index (χ0n) is 8.61. The fourth-order valence-corrected chi connectivity index (χ4v) is 1.12. The number of ketones is 1. The fourth-order valence-electron chi connectivity index (χ4n) is 1.12. The van der Waals surface area contributed by atoms with E-state index in [-0.39, 0.29) is 0 Å². The minimum absolute atomic E-state index is 1.06. The van der Waals surface area contributed by atoms with E-state index in [1.54, 1.807) is 0 Å². The first-order valence-corrected chi connectivity index (χ1v) is 4.39. The molecule has 1 fully saturated rings. The van der Waals surface area contributed by atoms with Gasteiger partial charge in [0.2, 0.25) is 0 Å². The molecule has 10 nitrogen and oxygen atoms in total. The Balaban J connectivity index is 3.26. The van der Waals surface area contributed by atoms with E-state index in [0.29, 0.717) is 0 Å². The molecule has 10 heteroatoms. The number of nitrogens with two attached hydrogens (primary N) is 1. The molecule has 18 heavy (non-hydrogen) atoms. The normalized spacial score (nSPS) is 28.7. The predicted molar refractivity (Wildman–Crippen MR) is 47.8 cm³/mol. The van der Waals surface area contributed by atoms with Gasteiger partial charge in [-0.2, -0.15) is 0 Å². The van der Waals surface area contributed by atoms with Crippen molar-refractivity contribution in [1.29, 1.82) is 0 Å². The van der Waals surface area contributed by atoms with Crippen LogP contribution in [-0.2, 0) is 33.4 Å². The van der Waals surface area contributed by atoms with E-state index < -0.39 is 47.9 Å². The summed E-state index contributed by atoms with van der Waals surface area (Å²) in [5.74, 6) is -8.51. The van der Waals surface area contributed by atoms with Gasteiger partial charge in [-0.3, -0.25) is 15.3 Å². The quantitative estimate of drug-likeness (QED) is 0.268. The second-order valence-corrected chi connectivity index (χ2v) is 3.30. The lowest BCUT2D eigenvalue weighted by Crippen LogP contribution is -2.65. The molecule has 2 unspecified atom stereocenters. The highest BCUT2D eigenvalue weighted by atomic mass is 16.6. The molecule has 0 bridgehead atoms. The van der Waals surface area contributed by atoms with E-state index in [2.05, 4.69) is 9.47 Å². The van der Waals surface area contributed by atoms with E-state index in [1.807, 2.05) is 0 Å². The molecule has 0 radical (unpaired) electrons. The van der Waals surface area contributed by atoms with Gasteiger partial charge in [-0.15, -0.1) is 0 Å². The number of cyclic esters (lactones) is 2. The molecule has 1 rings (SSSR count).